The predicted molar refractivity (Wildman–Crippen MR) is 101 cm³/mol. The van der Waals surface area contributed by atoms with E-state index in [0.717, 1.165) is 0 Å². The molecule has 0 saturated carbocycles. The van der Waals surface area contributed by atoms with Gasteiger partial charge in [-0.3, -0.25) is 0 Å². The van der Waals surface area contributed by atoms with Gasteiger partial charge in [0.15, 0.2) is 0 Å². The Balaban J connectivity index is 2.14. The monoisotopic (exact) mass is 453 g/mol. The molecule has 3 aromatic carbocycles. The zero-order valence-corrected chi connectivity index (χ0v) is 16.8. The quantitative estimate of drug-likeness (QED) is 0.537. The van der Waals surface area contributed by atoms with Crippen LogP contribution in [0.25, 0.3) is 0 Å². The SMILES string of the molecule is O=S(=O)(c1ccccc1)N([Se]c1ccccc1)S(=O)(=O)c1ccccc1. The third kappa shape index (κ3) is 3.90. The fourth-order valence-corrected chi connectivity index (χ4v) is 9.40. The molecule has 0 saturated heterocycles. The number of nitrogens with zero attached hydrogens (tertiary/aromatic N) is 1. The first-order chi connectivity index (χ1) is 12.4. The first kappa shape index (κ1) is 18.8. The zero-order valence-electron chi connectivity index (χ0n) is 13.5. The molecule has 5 nitrogen and oxygen atoms in total. The van der Waals surface area contributed by atoms with Crippen molar-refractivity contribution in [3.63, 3.8) is 0 Å². The van der Waals surface area contributed by atoms with Crippen LogP contribution in [-0.4, -0.2) is 34.7 Å². The molecule has 0 bridgehead atoms. The zero-order chi connectivity index (χ0) is 18.6. The average Bonchev–Trinajstić information content (AvgIpc) is 2.68. The molecule has 0 N–H and O–H groups in total. The maximum atomic E-state index is 13.1. The van der Waals surface area contributed by atoms with Gasteiger partial charge in [0.1, 0.15) is 0 Å². The molecule has 8 heteroatoms. The Bertz CT molecular complexity index is 1000. The van der Waals surface area contributed by atoms with Crippen molar-refractivity contribution in [3.8, 4) is 0 Å². The molecule has 0 aromatic heterocycles. The van der Waals surface area contributed by atoms with Gasteiger partial charge in [-0.1, -0.05) is 0 Å². The summed E-state index contributed by atoms with van der Waals surface area (Å²) in [7, 11) is -8.46. The molecule has 3 aromatic rings. The van der Waals surface area contributed by atoms with Gasteiger partial charge >= 0.3 is 160 Å². The fraction of sp³-hybridized carbons (Fsp3) is 0. The molecule has 26 heavy (non-hydrogen) atoms. The molecule has 0 unspecified atom stereocenters. The number of benzene rings is 3. The minimum absolute atomic E-state index is 0.0580. The second-order valence-corrected chi connectivity index (χ2v) is 12.2. The second kappa shape index (κ2) is 7.73. The third-order valence-electron chi connectivity index (χ3n) is 3.40. The van der Waals surface area contributed by atoms with Crippen LogP contribution in [0.3, 0.4) is 0 Å². The minimum atomic E-state index is -4.23. The first-order valence-corrected chi connectivity index (χ1v) is 12.1. The van der Waals surface area contributed by atoms with E-state index >= 15 is 0 Å². The van der Waals surface area contributed by atoms with Crippen LogP contribution in [0.1, 0.15) is 0 Å². The summed E-state index contributed by atoms with van der Waals surface area (Å²) in [5.41, 5.74) is 0. The van der Waals surface area contributed by atoms with Crippen LogP contribution in [0.5, 0.6) is 0 Å². The van der Waals surface area contributed by atoms with Crippen molar-refractivity contribution in [1.29, 1.82) is 0 Å². The predicted octanol–water partition coefficient (Wildman–Crippen LogP) is 2.01. The molecule has 0 fully saturated rings. The molecule has 0 spiro atoms. The van der Waals surface area contributed by atoms with E-state index < -0.39 is 35.2 Å². The summed E-state index contributed by atoms with van der Waals surface area (Å²) in [6, 6.07) is 23.9. The van der Waals surface area contributed by atoms with Gasteiger partial charge in [-0.25, -0.2) is 0 Å². The maximum absolute atomic E-state index is 13.1. The van der Waals surface area contributed by atoms with Crippen LogP contribution in [0.2, 0.25) is 0 Å². The second-order valence-electron chi connectivity index (χ2n) is 5.20. The fourth-order valence-electron chi connectivity index (χ4n) is 2.15. The summed E-state index contributed by atoms with van der Waals surface area (Å²) in [6.07, 6.45) is 0. The summed E-state index contributed by atoms with van der Waals surface area (Å²) in [4.78, 5) is -0.116. The van der Waals surface area contributed by atoms with Gasteiger partial charge in [0, 0.05) is 0 Å². The van der Waals surface area contributed by atoms with Crippen LogP contribution in [0.15, 0.2) is 101 Å². The number of hydrogen-bond donors (Lipinski definition) is 0. The van der Waals surface area contributed by atoms with Crippen molar-refractivity contribution in [2.75, 3.05) is 0 Å². The van der Waals surface area contributed by atoms with Gasteiger partial charge in [0.2, 0.25) is 0 Å². The van der Waals surface area contributed by atoms with Gasteiger partial charge < -0.3 is 0 Å². The Morgan fingerprint density at radius 3 is 1.27 bits per heavy atom. The molecule has 0 amide bonds. The molecular weight excluding hydrogens is 437 g/mol. The van der Waals surface area contributed by atoms with Crippen LogP contribution < -0.4 is 4.46 Å². The number of rotatable bonds is 6. The van der Waals surface area contributed by atoms with Crippen LogP contribution >= 0.6 is 0 Å². The van der Waals surface area contributed by atoms with Gasteiger partial charge in [-0.05, 0) is 0 Å². The number of sulfonamides is 2. The molecular formula is C18H15NO4S2Se. The molecule has 134 valence electrons. The summed E-state index contributed by atoms with van der Waals surface area (Å²) in [5.74, 6) is 0. The molecule has 0 aliphatic rings. The summed E-state index contributed by atoms with van der Waals surface area (Å²) in [5, 5.41) is 0. The van der Waals surface area contributed by atoms with Crippen LogP contribution in [0, 0.1) is 0 Å². The van der Waals surface area contributed by atoms with E-state index in [4.69, 9.17) is 0 Å². The van der Waals surface area contributed by atoms with Gasteiger partial charge in [0.05, 0.1) is 0 Å². The molecule has 3 rings (SSSR count). The molecule has 0 aliphatic heterocycles. The van der Waals surface area contributed by atoms with E-state index in [0.29, 0.717) is 7.19 Å². The molecule has 0 atom stereocenters. The Hall–Kier alpha value is -1.96. The van der Waals surface area contributed by atoms with Crippen molar-refractivity contribution in [1.82, 2.24) is 2.73 Å². The van der Waals surface area contributed by atoms with E-state index in [9.17, 15) is 16.8 Å². The van der Waals surface area contributed by atoms with E-state index in [-0.39, 0.29) is 9.79 Å². The molecule has 0 radical (unpaired) electrons. The van der Waals surface area contributed by atoms with E-state index in [1.54, 1.807) is 66.7 Å². The van der Waals surface area contributed by atoms with Gasteiger partial charge in [0.25, 0.3) is 0 Å². The summed E-state index contributed by atoms with van der Waals surface area (Å²) in [6.45, 7) is 0. The van der Waals surface area contributed by atoms with E-state index in [2.05, 4.69) is 0 Å². The normalized spacial score (nSPS) is 12.2. The molecule has 0 aliphatic carbocycles. The van der Waals surface area contributed by atoms with Crippen LogP contribution in [0.4, 0.5) is 0 Å². The third-order valence-corrected chi connectivity index (χ3v) is 11.7. The van der Waals surface area contributed by atoms with E-state index in [1.807, 2.05) is 0 Å². The standard InChI is InChI=1S/C18H15NO4S2Se/c20-24(21,16-10-4-1-5-11-16)19(26-18-14-8-3-9-15-18)25(22,23)17-12-6-2-7-13-17/h1-15H. The topological polar surface area (TPSA) is 71.5 Å². The van der Waals surface area contributed by atoms with Crippen molar-refractivity contribution >= 4 is 39.7 Å². The number of hydrogen-bond acceptors (Lipinski definition) is 4. The van der Waals surface area contributed by atoms with Crippen molar-refractivity contribution in [2.24, 2.45) is 0 Å². The Kier molecular flexibility index (Phi) is 5.60. The van der Waals surface area contributed by atoms with Crippen molar-refractivity contribution < 1.29 is 16.8 Å². The Labute approximate surface area is 159 Å². The summed E-state index contributed by atoms with van der Waals surface area (Å²) < 4.78 is 53.7. The molecule has 0 heterocycles. The first-order valence-electron chi connectivity index (χ1n) is 7.56. The Morgan fingerprint density at radius 2 is 0.885 bits per heavy atom. The van der Waals surface area contributed by atoms with Gasteiger partial charge in [-0.15, -0.1) is 0 Å². The van der Waals surface area contributed by atoms with Gasteiger partial charge in [-0.2, -0.15) is 0 Å². The van der Waals surface area contributed by atoms with Crippen molar-refractivity contribution in [2.45, 2.75) is 9.79 Å². The average molecular weight is 452 g/mol. The van der Waals surface area contributed by atoms with Crippen molar-refractivity contribution in [3.05, 3.63) is 91.0 Å². The van der Waals surface area contributed by atoms with Crippen LogP contribution in [-0.2, 0) is 20.0 Å². The van der Waals surface area contributed by atoms with E-state index in [1.165, 1.54) is 24.3 Å². The summed E-state index contributed by atoms with van der Waals surface area (Å²) >= 11 is -0.982. The Morgan fingerprint density at radius 1 is 0.538 bits per heavy atom.